The minimum Gasteiger partial charge on any atom is -0.469 e. The number of carbonyl (C=O) groups excluding carboxylic acids is 1. The summed E-state index contributed by atoms with van der Waals surface area (Å²) >= 11 is 2.86. The first-order valence-electron chi connectivity index (χ1n) is 3.44. The smallest absolute Gasteiger partial charge is 0.309 e. The van der Waals surface area contributed by atoms with Gasteiger partial charge in [0.15, 0.2) is 0 Å². The summed E-state index contributed by atoms with van der Waals surface area (Å²) in [7, 11) is 1.26. The van der Waals surface area contributed by atoms with E-state index >= 15 is 0 Å². The highest BCUT2D eigenvalue weighted by molar-refractivity contribution is 9.11. The lowest BCUT2D eigenvalue weighted by molar-refractivity contribution is -0.139. The van der Waals surface area contributed by atoms with Gasteiger partial charge in [0.2, 0.25) is 0 Å². The van der Waals surface area contributed by atoms with Gasteiger partial charge in [0.05, 0.1) is 13.5 Å². The van der Waals surface area contributed by atoms with E-state index < -0.39 is 11.8 Å². The number of halogens is 2. The van der Waals surface area contributed by atoms with Crippen LogP contribution in [0.2, 0.25) is 0 Å². The summed E-state index contributed by atoms with van der Waals surface area (Å²) in [6.45, 7) is 6.81. The molecule has 72 valence electrons. The molecule has 0 bridgehead atoms. The van der Waals surface area contributed by atoms with Gasteiger partial charge in [0, 0.05) is 4.48 Å². The molecule has 2 nitrogen and oxygen atoms in total. The van der Waals surface area contributed by atoms with Crippen LogP contribution in [0.1, 0.15) is 6.42 Å². The minimum atomic E-state index is -0.547. The molecule has 0 saturated heterocycles. The molecule has 0 aromatic rings. The van der Waals surface area contributed by atoms with E-state index in [0.29, 0.717) is 5.57 Å². The fourth-order valence-electron chi connectivity index (χ4n) is 0.566. The number of hydrogen-bond donors (Lipinski definition) is 0. The van der Waals surface area contributed by atoms with Crippen molar-refractivity contribution in [3.05, 3.63) is 35.1 Å². The Bertz CT molecular complexity index is 269. The maximum Gasteiger partial charge on any atom is 0.309 e. The number of methoxy groups -OCH3 is 1. The normalized spacial score (nSPS) is 10.8. The van der Waals surface area contributed by atoms with Crippen molar-refractivity contribution < 1.29 is 13.9 Å². The number of rotatable bonds is 4. The van der Waals surface area contributed by atoms with Crippen LogP contribution in [-0.4, -0.2) is 13.1 Å². The molecule has 0 rings (SSSR count). The molecule has 4 heteroatoms. The molecule has 0 fully saturated rings. The molecule has 0 aromatic carbocycles. The fraction of sp³-hybridized carbons (Fsp3) is 0.222. The third kappa shape index (κ3) is 5.36. The Labute approximate surface area is 84.9 Å². The quantitative estimate of drug-likeness (QED) is 0.565. The molecule has 0 atom stereocenters. The molecule has 0 aliphatic heterocycles. The second-order valence-corrected chi connectivity index (χ2v) is 3.27. The molecular formula is C9H10BrFO2. The van der Waals surface area contributed by atoms with Crippen molar-refractivity contribution in [2.24, 2.45) is 0 Å². The van der Waals surface area contributed by atoms with Crippen LogP contribution in [0.5, 0.6) is 0 Å². The van der Waals surface area contributed by atoms with E-state index in [-0.39, 0.29) is 10.9 Å². The summed E-state index contributed by atoms with van der Waals surface area (Å²) in [6.07, 6.45) is 1.11. The van der Waals surface area contributed by atoms with E-state index in [1.54, 1.807) is 0 Å². The monoisotopic (exact) mass is 248 g/mol. The third-order valence-electron chi connectivity index (χ3n) is 1.19. The number of ether oxygens (including phenoxy) is 1. The summed E-state index contributed by atoms with van der Waals surface area (Å²) in [5.74, 6) is -0.997. The van der Waals surface area contributed by atoms with Gasteiger partial charge >= 0.3 is 5.97 Å². The topological polar surface area (TPSA) is 26.3 Å². The molecule has 0 spiro atoms. The predicted octanol–water partition coefficient (Wildman–Crippen LogP) is 2.87. The lowest BCUT2D eigenvalue weighted by Gasteiger charge is -1.98. The van der Waals surface area contributed by atoms with Gasteiger partial charge in [0.25, 0.3) is 0 Å². The van der Waals surface area contributed by atoms with Crippen LogP contribution in [0.25, 0.3) is 0 Å². The van der Waals surface area contributed by atoms with Gasteiger partial charge in [-0.05, 0) is 27.6 Å². The first-order valence-corrected chi connectivity index (χ1v) is 4.23. The van der Waals surface area contributed by atoms with Gasteiger partial charge in [-0.25, -0.2) is 4.39 Å². The minimum absolute atomic E-state index is 0.0236. The number of hydrogen-bond acceptors (Lipinski definition) is 2. The highest BCUT2D eigenvalue weighted by atomic mass is 79.9. The maximum atomic E-state index is 12.8. The van der Waals surface area contributed by atoms with E-state index in [2.05, 4.69) is 33.8 Å². The lowest BCUT2D eigenvalue weighted by atomic mass is 10.2. The van der Waals surface area contributed by atoms with E-state index in [1.165, 1.54) is 7.11 Å². The van der Waals surface area contributed by atoms with Crippen LogP contribution in [0, 0.1) is 0 Å². The average Bonchev–Trinajstić information content (AvgIpc) is 2.03. The molecule has 0 aliphatic carbocycles. The van der Waals surface area contributed by atoms with Crippen molar-refractivity contribution in [2.45, 2.75) is 6.42 Å². The van der Waals surface area contributed by atoms with Crippen LogP contribution in [-0.2, 0) is 9.53 Å². The fourth-order valence-corrected chi connectivity index (χ4v) is 0.681. The molecule has 0 saturated carbocycles. The number of esters is 1. The predicted molar refractivity (Wildman–Crippen MR) is 53.0 cm³/mol. The Morgan fingerprint density at radius 3 is 2.54 bits per heavy atom. The van der Waals surface area contributed by atoms with E-state index in [9.17, 15) is 9.18 Å². The van der Waals surface area contributed by atoms with Gasteiger partial charge in [-0.3, -0.25) is 4.79 Å². The largest absolute Gasteiger partial charge is 0.469 e. The molecule has 0 radical (unpaired) electrons. The SMILES string of the molecule is C=C(/C=C(/F)C(=C)Br)CC(=O)OC. The van der Waals surface area contributed by atoms with Crippen LogP contribution >= 0.6 is 15.9 Å². The second-order valence-electron chi connectivity index (χ2n) is 2.31. The van der Waals surface area contributed by atoms with Gasteiger partial charge < -0.3 is 4.74 Å². The molecule has 0 aromatic heterocycles. The summed E-state index contributed by atoms with van der Waals surface area (Å²) in [5.41, 5.74) is 0.338. The molecule has 0 unspecified atom stereocenters. The third-order valence-corrected chi connectivity index (χ3v) is 1.57. The van der Waals surface area contributed by atoms with Gasteiger partial charge in [0.1, 0.15) is 5.83 Å². The highest BCUT2D eigenvalue weighted by Gasteiger charge is 2.03. The van der Waals surface area contributed by atoms with Crippen LogP contribution in [0.15, 0.2) is 35.1 Å². The van der Waals surface area contributed by atoms with Crippen molar-refractivity contribution in [1.29, 1.82) is 0 Å². The van der Waals surface area contributed by atoms with Crippen LogP contribution < -0.4 is 0 Å². The summed E-state index contributed by atoms with van der Waals surface area (Å²) in [6, 6.07) is 0. The van der Waals surface area contributed by atoms with Crippen molar-refractivity contribution in [1.82, 2.24) is 0 Å². The van der Waals surface area contributed by atoms with E-state index in [1.807, 2.05) is 0 Å². The summed E-state index contributed by atoms with van der Waals surface area (Å²) < 4.78 is 17.3. The molecule has 13 heavy (non-hydrogen) atoms. The van der Waals surface area contributed by atoms with Crippen molar-refractivity contribution in [3.8, 4) is 0 Å². The molecule has 0 N–H and O–H groups in total. The van der Waals surface area contributed by atoms with Gasteiger partial charge in [-0.15, -0.1) is 0 Å². The zero-order chi connectivity index (χ0) is 10.4. The summed E-state index contributed by atoms with van der Waals surface area (Å²) in [5, 5.41) is 0. The zero-order valence-corrected chi connectivity index (χ0v) is 8.86. The summed E-state index contributed by atoms with van der Waals surface area (Å²) in [4.78, 5) is 10.7. The first-order chi connectivity index (χ1) is 5.97. The highest BCUT2D eigenvalue weighted by Crippen LogP contribution is 2.18. The average molecular weight is 249 g/mol. The Morgan fingerprint density at radius 2 is 2.15 bits per heavy atom. The maximum absolute atomic E-state index is 12.8. The number of allylic oxidation sites excluding steroid dienone is 3. The molecule has 0 aliphatic rings. The van der Waals surface area contributed by atoms with Gasteiger partial charge in [-0.2, -0.15) is 0 Å². The Kier molecular flexibility index (Phi) is 5.30. The Morgan fingerprint density at radius 1 is 1.62 bits per heavy atom. The number of carbonyl (C=O) groups is 1. The van der Waals surface area contributed by atoms with Crippen LogP contribution in [0.4, 0.5) is 4.39 Å². The zero-order valence-electron chi connectivity index (χ0n) is 7.27. The lowest BCUT2D eigenvalue weighted by Crippen LogP contribution is -2.00. The van der Waals surface area contributed by atoms with E-state index in [0.717, 1.165) is 6.08 Å². The Balaban J connectivity index is 4.23. The van der Waals surface area contributed by atoms with Crippen molar-refractivity contribution >= 4 is 21.9 Å². The van der Waals surface area contributed by atoms with Crippen LogP contribution in [0.3, 0.4) is 0 Å². The van der Waals surface area contributed by atoms with Crippen molar-refractivity contribution in [3.63, 3.8) is 0 Å². The molecular weight excluding hydrogens is 239 g/mol. The van der Waals surface area contributed by atoms with E-state index in [4.69, 9.17) is 0 Å². The first kappa shape index (κ1) is 12.1. The molecule has 0 amide bonds. The Hall–Kier alpha value is -0.900. The second kappa shape index (κ2) is 5.70. The molecule has 0 heterocycles. The standard InChI is InChI=1S/C9H10BrFO2/c1-6(5-9(12)13-3)4-8(11)7(2)10/h4H,1-2,5H2,3H3/b8-4+. The van der Waals surface area contributed by atoms with Crippen molar-refractivity contribution in [2.75, 3.05) is 7.11 Å². The van der Waals surface area contributed by atoms with Gasteiger partial charge in [-0.1, -0.05) is 13.2 Å².